The summed E-state index contributed by atoms with van der Waals surface area (Å²) in [6, 6.07) is 4.39. The number of halogens is 1. The molecule has 0 spiro atoms. The number of amides is 4. The minimum Gasteiger partial charge on any atom is -0.295 e. The van der Waals surface area contributed by atoms with Gasteiger partial charge in [-0.2, -0.15) is 0 Å². The molecule has 6 nitrogen and oxygen atoms in total. The minimum atomic E-state index is -0.910. The fraction of sp³-hybridized carbons (Fsp3) is 0.474. The fourth-order valence-corrected chi connectivity index (χ4v) is 3.95. The predicted octanol–water partition coefficient (Wildman–Crippen LogP) is 2.59. The second-order valence-corrected chi connectivity index (χ2v) is 7.43. The van der Waals surface area contributed by atoms with Crippen LogP contribution in [0.4, 0.5) is 0 Å². The second kappa shape index (κ2) is 8.12. The first-order chi connectivity index (χ1) is 12.5. The first-order valence-corrected chi connectivity index (χ1v) is 10.1. The van der Waals surface area contributed by atoms with E-state index in [-0.39, 0.29) is 18.7 Å². The van der Waals surface area contributed by atoms with E-state index in [0.717, 1.165) is 47.9 Å². The Hall–Kier alpha value is -2.02. The number of nitrogens with one attached hydrogen (secondary N) is 1. The highest BCUT2D eigenvalue weighted by Gasteiger charge is 2.45. The van der Waals surface area contributed by atoms with E-state index >= 15 is 0 Å². The number of unbranched alkanes of at least 4 members (excludes halogenated alkanes) is 3. The van der Waals surface area contributed by atoms with Gasteiger partial charge in [0.2, 0.25) is 11.8 Å². The van der Waals surface area contributed by atoms with Gasteiger partial charge in [0.15, 0.2) is 0 Å². The highest BCUT2D eigenvalue weighted by molar-refractivity contribution is 9.09. The number of hydrogen-bond acceptors (Lipinski definition) is 4. The van der Waals surface area contributed by atoms with Crippen LogP contribution in [-0.4, -0.2) is 39.9 Å². The monoisotopic (exact) mass is 420 g/mol. The maximum Gasteiger partial charge on any atom is 0.262 e. The molecule has 0 bridgehead atoms. The van der Waals surface area contributed by atoms with Crippen molar-refractivity contribution in [1.82, 2.24) is 10.2 Å². The molecular weight excluding hydrogens is 400 g/mol. The van der Waals surface area contributed by atoms with Crippen LogP contribution in [0.3, 0.4) is 0 Å². The lowest BCUT2D eigenvalue weighted by molar-refractivity contribution is -0.136. The van der Waals surface area contributed by atoms with Crippen molar-refractivity contribution in [3.8, 4) is 0 Å². The van der Waals surface area contributed by atoms with E-state index in [1.807, 2.05) is 6.07 Å². The molecule has 1 saturated heterocycles. The van der Waals surface area contributed by atoms with E-state index in [4.69, 9.17) is 0 Å². The fourth-order valence-electron chi connectivity index (χ4n) is 3.56. The number of rotatable bonds is 7. The zero-order valence-corrected chi connectivity index (χ0v) is 16.0. The van der Waals surface area contributed by atoms with Crippen molar-refractivity contribution in [1.29, 1.82) is 0 Å². The number of alkyl halides is 1. The van der Waals surface area contributed by atoms with Gasteiger partial charge in [-0.25, -0.2) is 0 Å². The number of carbonyl (C=O) groups excluding carboxylic acids is 4. The lowest BCUT2D eigenvalue weighted by Crippen LogP contribution is -2.54. The first-order valence-electron chi connectivity index (χ1n) is 8.94. The van der Waals surface area contributed by atoms with Gasteiger partial charge >= 0.3 is 0 Å². The topological polar surface area (TPSA) is 83.6 Å². The Bertz CT molecular complexity index is 762. The highest BCUT2D eigenvalue weighted by atomic mass is 79.9. The summed E-state index contributed by atoms with van der Waals surface area (Å²) >= 11 is 3.41. The molecule has 1 fully saturated rings. The van der Waals surface area contributed by atoms with Crippen LogP contribution in [0.2, 0.25) is 0 Å². The van der Waals surface area contributed by atoms with Crippen LogP contribution >= 0.6 is 15.9 Å². The number of imide groups is 2. The molecule has 0 radical (unpaired) electrons. The first kappa shape index (κ1) is 18.8. The van der Waals surface area contributed by atoms with Crippen molar-refractivity contribution in [3.63, 3.8) is 0 Å². The van der Waals surface area contributed by atoms with Crippen LogP contribution in [0, 0.1) is 0 Å². The third kappa shape index (κ3) is 3.58. The van der Waals surface area contributed by atoms with E-state index in [0.29, 0.717) is 11.1 Å². The van der Waals surface area contributed by atoms with Gasteiger partial charge in [-0.1, -0.05) is 40.9 Å². The van der Waals surface area contributed by atoms with Crippen LogP contribution < -0.4 is 5.32 Å². The Labute approximate surface area is 160 Å². The lowest BCUT2D eigenvalue weighted by Gasteiger charge is -2.27. The largest absolute Gasteiger partial charge is 0.295 e. The Kier molecular flexibility index (Phi) is 5.86. The van der Waals surface area contributed by atoms with Crippen molar-refractivity contribution < 1.29 is 19.2 Å². The summed E-state index contributed by atoms with van der Waals surface area (Å²) in [7, 11) is 0. The molecule has 0 aromatic heterocycles. The number of fused-ring (bicyclic) bond motifs is 1. The quantitative estimate of drug-likeness (QED) is 0.417. The van der Waals surface area contributed by atoms with Gasteiger partial charge in [0.05, 0.1) is 11.1 Å². The van der Waals surface area contributed by atoms with Crippen molar-refractivity contribution in [3.05, 3.63) is 34.9 Å². The molecule has 1 unspecified atom stereocenters. The molecule has 2 heterocycles. The van der Waals surface area contributed by atoms with Crippen LogP contribution in [0.1, 0.15) is 64.8 Å². The maximum absolute atomic E-state index is 12.9. The number of piperidine rings is 1. The second-order valence-electron chi connectivity index (χ2n) is 6.64. The molecule has 7 heteroatoms. The Morgan fingerprint density at radius 1 is 1.04 bits per heavy atom. The van der Waals surface area contributed by atoms with Gasteiger partial charge < -0.3 is 0 Å². The van der Waals surface area contributed by atoms with Crippen LogP contribution in [0.25, 0.3) is 0 Å². The van der Waals surface area contributed by atoms with E-state index < -0.39 is 23.8 Å². The summed E-state index contributed by atoms with van der Waals surface area (Å²) in [5.74, 6) is -1.81. The molecule has 26 heavy (non-hydrogen) atoms. The van der Waals surface area contributed by atoms with E-state index in [1.165, 1.54) is 0 Å². The summed E-state index contributed by atoms with van der Waals surface area (Å²) in [4.78, 5) is 50.1. The van der Waals surface area contributed by atoms with Crippen LogP contribution in [0.15, 0.2) is 18.2 Å². The smallest absolute Gasteiger partial charge is 0.262 e. The van der Waals surface area contributed by atoms with Crippen molar-refractivity contribution >= 4 is 39.6 Å². The normalized spacial score (nSPS) is 19.7. The molecule has 1 aromatic carbocycles. The average Bonchev–Trinajstić information content (AvgIpc) is 2.87. The predicted molar refractivity (Wildman–Crippen MR) is 99.1 cm³/mol. The van der Waals surface area contributed by atoms with E-state index in [2.05, 4.69) is 21.2 Å². The molecule has 0 saturated carbocycles. The number of benzene rings is 1. The number of hydrogen-bond donors (Lipinski definition) is 1. The van der Waals surface area contributed by atoms with E-state index in [9.17, 15) is 19.2 Å². The van der Waals surface area contributed by atoms with Gasteiger partial charge in [-0.05, 0) is 37.3 Å². The van der Waals surface area contributed by atoms with Crippen molar-refractivity contribution in [2.75, 3.05) is 5.33 Å². The molecule has 1 atom stereocenters. The highest BCUT2D eigenvalue weighted by Crippen LogP contribution is 2.30. The van der Waals surface area contributed by atoms with E-state index in [1.54, 1.807) is 12.1 Å². The summed E-state index contributed by atoms with van der Waals surface area (Å²) < 4.78 is 0. The standard InChI is InChI=1S/C19H21BrN2O4/c20-11-4-2-1-3-6-12-7-5-8-13-16(12)19(26)22(18(13)25)14-9-10-15(23)21-17(14)24/h5,7-8,14H,1-4,6,9-11H2,(H,21,23,24). The number of aryl methyl sites for hydroxylation is 1. The molecule has 1 N–H and O–H groups in total. The van der Waals surface area contributed by atoms with Gasteiger partial charge in [-0.15, -0.1) is 0 Å². The average molecular weight is 421 g/mol. The molecule has 1 aromatic rings. The molecular formula is C19H21BrN2O4. The minimum absolute atomic E-state index is 0.129. The van der Waals surface area contributed by atoms with Gasteiger partial charge in [0.25, 0.3) is 11.8 Å². The third-order valence-electron chi connectivity index (χ3n) is 4.88. The number of carbonyl (C=O) groups is 4. The molecule has 3 rings (SSSR count). The zero-order chi connectivity index (χ0) is 18.7. The lowest BCUT2D eigenvalue weighted by atomic mass is 9.98. The van der Waals surface area contributed by atoms with Gasteiger partial charge in [0, 0.05) is 11.8 Å². The maximum atomic E-state index is 12.9. The summed E-state index contributed by atoms with van der Waals surface area (Å²) in [6.07, 6.45) is 5.29. The molecule has 138 valence electrons. The third-order valence-corrected chi connectivity index (χ3v) is 5.44. The summed E-state index contributed by atoms with van der Waals surface area (Å²) in [6.45, 7) is 0. The van der Waals surface area contributed by atoms with Crippen LogP contribution in [0.5, 0.6) is 0 Å². The molecule has 2 aliphatic rings. The number of nitrogens with zero attached hydrogens (tertiary/aromatic N) is 1. The Morgan fingerprint density at radius 3 is 2.54 bits per heavy atom. The summed E-state index contributed by atoms with van der Waals surface area (Å²) in [5.41, 5.74) is 1.63. The Balaban J connectivity index is 1.78. The van der Waals surface area contributed by atoms with Gasteiger partial charge in [0.1, 0.15) is 6.04 Å². The summed E-state index contributed by atoms with van der Waals surface area (Å²) in [5, 5.41) is 3.20. The van der Waals surface area contributed by atoms with Crippen molar-refractivity contribution in [2.24, 2.45) is 0 Å². The molecule has 4 amide bonds. The Morgan fingerprint density at radius 2 is 1.81 bits per heavy atom. The van der Waals surface area contributed by atoms with Crippen molar-refractivity contribution in [2.45, 2.75) is 51.0 Å². The zero-order valence-electron chi connectivity index (χ0n) is 14.4. The molecule has 0 aliphatic carbocycles. The van der Waals surface area contributed by atoms with Gasteiger partial charge in [-0.3, -0.25) is 29.4 Å². The SMILES string of the molecule is O=C1CCC(N2C(=O)c3cccc(CCCCCCBr)c3C2=O)C(=O)N1. The molecule has 2 aliphatic heterocycles. The van der Waals surface area contributed by atoms with Crippen LogP contribution in [-0.2, 0) is 16.0 Å².